The molecule has 82 valence electrons. The lowest BCUT2D eigenvalue weighted by Gasteiger charge is -2.09. The molecule has 1 N–H and O–H groups in total. The van der Waals surface area contributed by atoms with Crippen LogP contribution >= 0.6 is 11.6 Å². The summed E-state index contributed by atoms with van der Waals surface area (Å²) in [5, 5.41) is 20.3. The van der Waals surface area contributed by atoms with E-state index < -0.39 is 6.10 Å². The summed E-state index contributed by atoms with van der Waals surface area (Å²) >= 11 is 5.69. The third kappa shape index (κ3) is 4.27. The van der Waals surface area contributed by atoms with Crippen LogP contribution in [0.2, 0.25) is 5.02 Å². The Morgan fingerprint density at radius 3 is 2.53 bits per heavy atom. The number of halogens is 1. The Bertz CT molecular complexity index is 326. The molecule has 1 aromatic rings. The van der Waals surface area contributed by atoms with E-state index in [1.54, 1.807) is 24.3 Å². The van der Waals surface area contributed by atoms with Gasteiger partial charge in [-0.3, -0.25) is 10.1 Å². The number of hydrogen-bond acceptors (Lipinski definition) is 3. The Kier molecular flexibility index (Phi) is 4.52. The SMILES string of the molecule is O=[N+]([O-])CCC[C@H](O)c1ccc(Cl)cc1. The Labute approximate surface area is 92.6 Å². The summed E-state index contributed by atoms with van der Waals surface area (Å²) in [5.41, 5.74) is 0.739. The topological polar surface area (TPSA) is 63.4 Å². The Hall–Kier alpha value is -1.13. The Morgan fingerprint density at radius 2 is 2.00 bits per heavy atom. The third-order valence-corrected chi connectivity index (χ3v) is 2.33. The molecule has 0 aliphatic heterocycles. The molecule has 5 heteroatoms. The van der Waals surface area contributed by atoms with Gasteiger partial charge in [-0.1, -0.05) is 23.7 Å². The second-order valence-corrected chi connectivity index (χ2v) is 3.70. The van der Waals surface area contributed by atoms with Gasteiger partial charge in [0, 0.05) is 16.4 Å². The fourth-order valence-electron chi connectivity index (χ4n) is 1.27. The van der Waals surface area contributed by atoms with Gasteiger partial charge in [0.15, 0.2) is 0 Å². The largest absolute Gasteiger partial charge is 0.388 e. The highest BCUT2D eigenvalue weighted by atomic mass is 35.5. The molecule has 0 bridgehead atoms. The van der Waals surface area contributed by atoms with Crippen LogP contribution in [0.1, 0.15) is 24.5 Å². The summed E-state index contributed by atoms with van der Waals surface area (Å²) < 4.78 is 0. The molecule has 4 nitrogen and oxygen atoms in total. The smallest absolute Gasteiger partial charge is 0.204 e. The second-order valence-electron chi connectivity index (χ2n) is 3.27. The summed E-state index contributed by atoms with van der Waals surface area (Å²) in [4.78, 5) is 9.69. The highest BCUT2D eigenvalue weighted by Gasteiger charge is 2.08. The van der Waals surface area contributed by atoms with Gasteiger partial charge in [-0.2, -0.15) is 0 Å². The van der Waals surface area contributed by atoms with Crippen LogP contribution in [0.15, 0.2) is 24.3 Å². The van der Waals surface area contributed by atoms with E-state index in [2.05, 4.69) is 0 Å². The fraction of sp³-hybridized carbons (Fsp3) is 0.400. The highest BCUT2D eigenvalue weighted by molar-refractivity contribution is 6.30. The lowest BCUT2D eigenvalue weighted by molar-refractivity contribution is -0.480. The van der Waals surface area contributed by atoms with Crippen molar-refractivity contribution in [3.63, 3.8) is 0 Å². The second kappa shape index (κ2) is 5.68. The molecular formula is C10H12ClNO3. The van der Waals surface area contributed by atoms with Crippen molar-refractivity contribution in [2.75, 3.05) is 6.54 Å². The number of hydrogen-bond donors (Lipinski definition) is 1. The highest BCUT2D eigenvalue weighted by Crippen LogP contribution is 2.20. The maximum atomic E-state index is 10.1. The molecule has 0 aromatic heterocycles. The molecule has 0 radical (unpaired) electrons. The van der Waals surface area contributed by atoms with E-state index in [0.29, 0.717) is 17.9 Å². The minimum absolute atomic E-state index is 0.106. The van der Waals surface area contributed by atoms with E-state index in [-0.39, 0.29) is 11.5 Å². The monoisotopic (exact) mass is 229 g/mol. The number of aliphatic hydroxyl groups is 1. The van der Waals surface area contributed by atoms with Crippen LogP contribution in [-0.4, -0.2) is 16.6 Å². The minimum Gasteiger partial charge on any atom is -0.388 e. The molecule has 0 unspecified atom stereocenters. The minimum atomic E-state index is -0.651. The number of benzene rings is 1. The van der Waals surface area contributed by atoms with Crippen LogP contribution in [0.3, 0.4) is 0 Å². The maximum absolute atomic E-state index is 10.1. The van der Waals surface area contributed by atoms with Gasteiger partial charge in [0.1, 0.15) is 0 Å². The van der Waals surface area contributed by atoms with E-state index in [9.17, 15) is 15.2 Å². The van der Waals surface area contributed by atoms with Gasteiger partial charge in [-0.05, 0) is 24.1 Å². The number of aliphatic hydroxyl groups excluding tert-OH is 1. The van der Waals surface area contributed by atoms with E-state index in [0.717, 1.165) is 5.56 Å². The normalized spacial score (nSPS) is 12.4. The standard InChI is InChI=1S/C10H12ClNO3/c11-9-5-3-8(4-6-9)10(13)2-1-7-12(14)15/h3-6,10,13H,1-2,7H2/t10-/m0/s1. The zero-order chi connectivity index (χ0) is 11.3. The first-order chi connectivity index (χ1) is 7.09. The van der Waals surface area contributed by atoms with Crippen LogP contribution in [0.25, 0.3) is 0 Å². The first-order valence-electron chi connectivity index (χ1n) is 4.65. The van der Waals surface area contributed by atoms with Crippen molar-refractivity contribution < 1.29 is 10.0 Å². The van der Waals surface area contributed by atoms with Crippen LogP contribution in [0, 0.1) is 10.1 Å². The molecule has 15 heavy (non-hydrogen) atoms. The predicted molar refractivity (Wildman–Crippen MR) is 57.5 cm³/mol. The first-order valence-corrected chi connectivity index (χ1v) is 5.02. The van der Waals surface area contributed by atoms with E-state index in [4.69, 9.17) is 11.6 Å². The maximum Gasteiger partial charge on any atom is 0.204 e. The Morgan fingerprint density at radius 1 is 1.40 bits per heavy atom. The third-order valence-electron chi connectivity index (χ3n) is 2.07. The lowest BCUT2D eigenvalue weighted by atomic mass is 10.1. The van der Waals surface area contributed by atoms with Gasteiger partial charge in [0.2, 0.25) is 6.54 Å². The molecular weight excluding hydrogens is 218 g/mol. The van der Waals surface area contributed by atoms with Crippen molar-refractivity contribution in [1.29, 1.82) is 0 Å². The molecule has 0 spiro atoms. The molecule has 0 fully saturated rings. The predicted octanol–water partition coefficient (Wildman–Crippen LogP) is 2.43. The zero-order valence-corrected chi connectivity index (χ0v) is 8.85. The van der Waals surface area contributed by atoms with Crippen molar-refractivity contribution in [2.45, 2.75) is 18.9 Å². The number of nitro groups is 1. The van der Waals surface area contributed by atoms with E-state index >= 15 is 0 Å². The van der Waals surface area contributed by atoms with Crippen molar-refractivity contribution in [3.05, 3.63) is 45.0 Å². The number of rotatable bonds is 5. The van der Waals surface area contributed by atoms with Crippen molar-refractivity contribution in [2.24, 2.45) is 0 Å². The molecule has 0 saturated carbocycles. The van der Waals surface area contributed by atoms with Crippen molar-refractivity contribution in [3.8, 4) is 0 Å². The molecule has 0 amide bonds. The summed E-state index contributed by atoms with van der Waals surface area (Å²) in [6.07, 6.45) is 0.113. The van der Waals surface area contributed by atoms with Crippen molar-refractivity contribution in [1.82, 2.24) is 0 Å². The van der Waals surface area contributed by atoms with Crippen molar-refractivity contribution >= 4 is 11.6 Å². The van der Waals surface area contributed by atoms with E-state index in [1.165, 1.54) is 0 Å². The summed E-state index contributed by atoms with van der Waals surface area (Å²) in [6, 6.07) is 6.82. The first kappa shape index (κ1) is 11.9. The van der Waals surface area contributed by atoms with Crippen LogP contribution in [0.4, 0.5) is 0 Å². The van der Waals surface area contributed by atoms with Crippen LogP contribution in [-0.2, 0) is 0 Å². The van der Waals surface area contributed by atoms with Gasteiger partial charge >= 0.3 is 0 Å². The quantitative estimate of drug-likeness (QED) is 0.623. The van der Waals surface area contributed by atoms with Gasteiger partial charge in [0.05, 0.1) is 6.10 Å². The molecule has 1 atom stereocenters. The summed E-state index contributed by atoms with van der Waals surface area (Å²) in [5.74, 6) is 0. The average molecular weight is 230 g/mol. The van der Waals surface area contributed by atoms with Crippen LogP contribution < -0.4 is 0 Å². The average Bonchev–Trinajstić information content (AvgIpc) is 2.18. The van der Waals surface area contributed by atoms with Gasteiger partial charge in [-0.25, -0.2) is 0 Å². The fourth-order valence-corrected chi connectivity index (χ4v) is 1.39. The van der Waals surface area contributed by atoms with Gasteiger partial charge < -0.3 is 5.11 Å². The zero-order valence-electron chi connectivity index (χ0n) is 8.10. The Balaban J connectivity index is 2.43. The van der Waals surface area contributed by atoms with E-state index in [1.807, 2.05) is 0 Å². The summed E-state index contributed by atoms with van der Waals surface area (Å²) in [6.45, 7) is -0.106. The molecule has 0 aliphatic rings. The van der Waals surface area contributed by atoms with Gasteiger partial charge in [0.25, 0.3) is 0 Å². The molecule has 0 saturated heterocycles. The molecule has 0 heterocycles. The summed E-state index contributed by atoms with van der Waals surface area (Å²) in [7, 11) is 0. The number of nitrogens with zero attached hydrogens (tertiary/aromatic N) is 1. The van der Waals surface area contributed by atoms with Gasteiger partial charge in [-0.15, -0.1) is 0 Å². The lowest BCUT2D eigenvalue weighted by Crippen LogP contribution is -2.04. The molecule has 1 aromatic carbocycles. The molecule has 0 aliphatic carbocycles. The van der Waals surface area contributed by atoms with Crippen LogP contribution in [0.5, 0.6) is 0 Å². The molecule has 1 rings (SSSR count).